The first-order valence-corrected chi connectivity index (χ1v) is 7.43. The van der Waals surface area contributed by atoms with Gasteiger partial charge in [-0.25, -0.2) is 4.79 Å². The van der Waals surface area contributed by atoms with E-state index in [1.165, 1.54) is 32.1 Å². The van der Waals surface area contributed by atoms with Gasteiger partial charge < -0.3 is 10.6 Å². The van der Waals surface area contributed by atoms with E-state index in [-0.39, 0.29) is 11.6 Å². The summed E-state index contributed by atoms with van der Waals surface area (Å²) in [5, 5.41) is 0. The highest BCUT2D eigenvalue weighted by Crippen LogP contribution is 2.61. The second kappa shape index (κ2) is 3.62. The Morgan fingerprint density at radius 3 is 2.37 bits per heavy atom. The largest absolute Gasteiger partial charge is 0.385 e. The van der Waals surface area contributed by atoms with Crippen molar-refractivity contribution in [1.29, 1.82) is 0 Å². The molecule has 0 atom stereocenters. The summed E-state index contributed by atoms with van der Waals surface area (Å²) < 4.78 is 0. The van der Waals surface area contributed by atoms with Crippen molar-refractivity contribution in [3.8, 4) is 0 Å². The summed E-state index contributed by atoms with van der Waals surface area (Å²) in [5.74, 6) is 3.37. The lowest BCUT2D eigenvalue weighted by atomic mass is 9.48. The minimum Gasteiger partial charge on any atom is -0.385 e. The molecule has 1 aliphatic heterocycles. The van der Waals surface area contributed by atoms with Crippen LogP contribution in [0.15, 0.2) is 17.6 Å². The van der Waals surface area contributed by atoms with Crippen LogP contribution in [0.3, 0.4) is 0 Å². The van der Waals surface area contributed by atoms with E-state index in [4.69, 9.17) is 5.73 Å². The number of amides is 2. The number of urea groups is 1. The lowest BCUT2D eigenvalue weighted by molar-refractivity contribution is -0.0751. The number of carbonyl (C=O) groups excluding carboxylic acids is 1. The van der Waals surface area contributed by atoms with E-state index in [1.54, 1.807) is 6.08 Å². The molecule has 1 spiro atoms. The molecule has 0 aromatic heterocycles. The number of carbonyl (C=O) groups is 1. The molecule has 0 aromatic rings. The van der Waals surface area contributed by atoms with Crippen LogP contribution in [-0.4, -0.2) is 28.9 Å². The predicted molar refractivity (Wildman–Crippen MR) is 73.7 cm³/mol. The molecule has 0 unspecified atom stereocenters. The molecule has 0 saturated heterocycles. The summed E-state index contributed by atoms with van der Waals surface area (Å²) >= 11 is 0. The first kappa shape index (κ1) is 11.5. The van der Waals surface area contributed by atoms with E-state index >= 15 is 0 Å². The summed E-state index contributed by atoms with van der Waals surface area (Å²) in [6, 6.07) is -0.148. The van der Waals surface area contributed by atoms with Crippen molar-refractivity contribution in [2.45, 2.75) is 37.6 Å². The minimum absolute atomic E-state index is 0.148. The topological polar surface area (TPSA) is 58.7 Å². The van der Waals surface area contributed by atoms with Crippen molar-refractivity contribution in [3.63, 3.8) is 0 Å². The summed E-state index contributed by atoms with van der Waals surface area (Å²) in [4.78, 5) is 18.2. The fraction of sp³-hybridized carbons (Fsp3) is 0.733. The third-order valence-electron chi connectivity index (χ3n) is 6.00. The van der Waals surface area contributed by atoms with E-state index in [9.17, 15) is 4.79 Å². The van der Waals surface area contributed by atoms with Crippen LogP contribution in [0.5, 0.6) is 0 Å². The standard InChI is InChI=1S/C15H21N3O/c1-2-3-18-14(19)17-13(16)15(18)11-5-9-4-10(7-11)8-12(15)6-9/h2,9-12H,1,3-8H2,(H2,16,17,19). The van der Waals surface area contributed by atoms with Crippen LogP contribution < -0.4 is 5.73 Å². The molecule has 4 nitrogen and oxygen atoms in total. The van der Waals surface area contributed by atoms with Crippen LogP contribution in [0.25, 0.3) is 0 Å². The molecule has 102 valence electrons. The Labute approximate surface area is 113 Å². The van der Waals surface area contributed by atoms with Crippen LogP contribution in [0.1, 0.15) is 32.1 Å². The number of amidine groups is 1. The van der Waals surface area contributed by atoms with Crippen molar-refractivity contribution in [3.05, 3.63) is 12.7 Å². The van der Waals surface area contributed by atoms with E-state index in [2.05, 4.69) is 11.6 Å². The molecular formula is C15H21N3O. The molecule has 4 bridgehead atoms. The molecule has 4 saturated carbocycles. The molecule has 0 aromatic carbocycles. The fourth-order valence-corrected chi connectivity index (χ4v) is 5.67. The summed E-state index contributed by atoms with van der Waals surface area (Å²) in [5.41, 5.74) is 5.99. The van der Waals surface area contributed by atoms with Crippen molar-refractivity contribution in [1.82, 2.24) is 4.90 Å². The lowest BCUT2D eigenvalue weighted by Crippen LogP contribution is -2.69. The van der Waals surface area contributed by atoms with Gasteiger partial charge in [-0.1, -0.05) is 6.08 Å². The maximum atomic E-state index is 12.2. The van der Waals surface area contributed by atoms with Gasteiger partial charge in [0.1, 0.15) is 11.4 Å². The van der Waals surface area contributed by atoms with Gasteiger partial charge in [0.2, 0.25) is 0 Å². The van der Waals surface area contributed by atoms with Crippen molar-refractivity contribution >= 4 is 11.9 Å². The molecule has 2 amide bonds. The van der Waals surface area contributed by atoms with Crippen molar-refractivity contribution in [2.24, 2.45) is 34.4 Å². The number of nitrogens with zero attached hydrogens (tertiary/aromatic N) is 2. The third-order valence-corrected chi connectivity index (χ3v) is 6.00. The lowest BCUT2D eigenvalue weighted by Gasteiger charge is -2.61. The van der Waals surface area contributed by atoms with E-state index in [1.807, 2.05) is 4.90 Å². The first-order valence-electron chi connectivity index (χ1n) is 7.43. The van der Waals surface area contributed by atoms with Gasteiger partial charge >= 0.3 is 6.03 Å². The second-order valence-electron chi connectivity index (χ2n) is 6.81. The monoisotopic (exact) mass is 259 g/mol. The molecule has 4 heteroatoms. The van der Waals surface area contributed by atoms with E-state index < -0.39 is 0 Å². The molecule has 1 heterocycles. The van der Waals surface area contributed by atoms with Gasteiger partial charge in [0, 0.05) is 6.54 Å². The highest BCUT2D eigenvalue weighted by Gasteiger charge is 2.64. The average molecular weight is 259 g/mol. The number of rotatable bonds is 2. The molecule has 4 fully saturated rings. The van der Waals surface area contributed by atoms with Crippen LogP contribution in [0, 0.1) is 23.7 Å². The number of nitrogens with two attached hydrogens (primary N) is 1. The molecule has 4 aliphatic carbocycles. The van der Waals surface area contributed by atoms with Crippen LogP contribution in [0.2, 0.25) is 0 Å². The Morgan fingerprint density at radius 1 is 1.26 bits per heavy atom. The normalized spacial score (nSPS) is 47.1. The Morgan fingerprint density at radius 2 is 1.84 bits per heavy atom. The average Bonchev–Trinajstić information content (AvgIpc) is 2.59. The van der Waals surface area contributed by atoms with Crippen molar-refractivity contribution in [2.75, 3.05) is 6.54 Å². The quantitative estimate of drug-likeness (QED) is 0.772. The zero-order valence-corrected chi connectivity index (χ0v) is 11.2. The van der Waals surface area contributed by atoms with Gasteiger partial charge in [0.25, 0.3) is 0 Å². The predicted octanol–water partition coefficient (Wildman–Crippen LogP) is 2.16. The number of aliphatic imine (C=N–C) groups is 1. The fourth-order valence-electron chi connectivity index (χ4n) is 5.67. The van der Waals surface area contributed by atoms with Gasteiger partial charge in [0.15, 0.2) is 0 Å². The third kappa shape index (κ3) is 1.25. The Hall–Kier alpha value is -1.32. The van der Waals surface area contributed by atoms with Crippen LogP contribution >= 0.6 is 0 Å². The van der Waals surface area contributed by atoms with Gasteiger partial charge in [-0.2, -0.15) is 4.99 Å². The Kier molecular flexibility index (Phi) is 2.19. The zero-order valence-electron chi connectivity index (χ0n) is 11.2. The Balaban J connectivity index is 1.81. The smallest absolute Gasteiger partial charge is 0.346 e. The van der Waals surface area contributed by atoms with Gasteiger partial charge in [-0.3, -0.25) is 0 Å². The molecule has 19 heavy (non-hydrogen) atoms. The number of hydrogen-bond donors (Lipinski definition) is 1. The zero-order chi connectivity index (χ0) is 13.2. The van der Waals surface area contributed by atoms with Gasteiger partial charge in [-0.05, 0) is 55.8 Å². The van der Waals surface area contributed by atoms with Crippen LogP contribution in [-0.2, 0) is 0 Å². The van der Waals surface area contributed by atoms with Gasteiger partial charge in [-0.15, -0.1) is 6.58 Å². The Bertz CT molecular complexity index is 454. The molecular weight excluding hydrogens is 238 g/mol. The SMILES string of the molecule is C=CCN1C(=O)N=C(N)C12C1CC3CC(C1)CC2C3. The number of hydrogen-bond acceptors (Lipinski definition) is 2. The molecule has 0 radical (unpaired) electrons. The summed E-state index contributed by atoms with van der Waals surface area (Å²) in [7, 11) is 0. The van der Waals surface area contributed by atoms with Crippen molar-refractivity contribution < 1.29 is 4.79 Å². The summed E-state index contributed by atoms with van der Waals surface area (Å²) in [6.07, 6.45) is 8.11. The van der Waals surface area contributed by atoms with E-state index in [0.717, 1.165) is 11.8 Å². The highest BCUT2D eigenvalue weighted by molar-refractivity contribution is 6.06. The van der Waals surface area contributed by atoms with E-state index in [0.29, 0.717) is 24.2 Å². The molecule has 5 aliphatic rings. The van der Waals surface area contributed by atoms with Gasteiger partial charge in [0.05, 0.1) is 0 Å². The maximum absolute atomic E-state index is 12.2. The van der Waals surface area contributed by atoms with Crippen LogP contribution in [0.4, 0.5) is 4.79 Å². The highest BCUT2D eigenvalue weighted by atomic mass is 16.2. The first-order chi connectivity index (χ1) is 9.16. The second-order valence-corrected chi connectivity index (χ2v) is 6.81. The summed E-state index contributed by atoms with van der Waals surface area (Å²) in [6.45, 7) is 4.37. The molecule has 5 rings (SSSR count). The maximum Gasteiger partial charge on any atom is 0.346 e. The minimum atomic E-state index is -0.265. The molecule has 2 N–H and O–H groups in total.